The van der Waals surface area contributed by atoms with Crippen LogP contribution in [-0.2, 0) is 17.1 Å². The summed E-state index contributed by atoms with van der Waals surface area (Å²) in [5.74, 6) is 0. The third kappa shape index (κ3) is 4.11. The molecule has 20 heavy (non-hydrogen) atoms. The molecule has 0 aromatic heterocycles. The van der Waals surface area contributed by atoms with E-state index in [0.29, 0.717) is 12.1 Å². The third-order valence-electron chi connectivity index (χ3n) is 2.69. The van der Waals surface area contributed by atoms with Gasteiger partial charge in [-0.25, -0.2) is 0 Å². The Morgan fingerprint density at radius 1 is 1.00 bits per heavy atom. The zero-order valence-electron chi connectivity index (χ0n) is 10.7. The third-order valence-corrected chi connectivity index (χ3v) is 2.69. The second-order valence-corrected chi connectivity index (χ2v) is 4.14. The largest absolute Gasteiger partial charge is 0.416 e. The minimum Gasteiger partial charge on any atom is -0.383 e. The molecule has 0 aliphatic heterocycles. The van der Waals surface area contributed by atoms with Gasteiger partial charge in [-0.2, -0.15) is 26.3 Å². The monoisotopic (exact) mass is 301 g/mol. The Hall–Kier alpha value is -1.28. The quantitative estimate of drug-likeness (QED) is 0.858. The van der Waals surface area contributed by atoms with E-state index in [1.807, 2.05) is 0 Å². The summed E-state index contributed by atoms with van der Waals surface area (Å²) in [5, 5.41) is 2.62. The number of nitrogens with one attached hydrogen (secondary N) is 1. The average molecular weight is 301 g/mol. The van der Waals surface area contributed by atoms with E-state index in [9.17, 15) is 26.3 Å². The Bertz CT molecular complexity index is 422. The molecule has 0 heterocycles. The van der Waals surface area contributed by atoms with Gasteiger partial charge in [0, 0.05) is 7.11 Å². The molecule has 1 unspecified atom stereocenters. The van der Waals surface area contributed by atoms with E-state index in [1.165, 1.54) is 14.2 Å². The van der Waals surface area contributed by atoms with Crippen molar-refractivity contribution < 1.29 is 31.1 Å². The highest BCUT2D eigenvalue weighted by atomic mass is 19.4. The predicted molar refractivity (Wildman–Crippen MR) is 60.1 cm³/mol. The van der Waals surface area contributed by atoms with E-state index >= 15 is 0 Å². The fourth-order valence-corrected chi connectivity index (χ4v) is 1.69. The summed E-state index contributed by atoms with van der Waals surface area (Å²) < 4.78 is 80.8. The van der Waals surface area contributed by atoms with Crippen molar-refractivity contribution in [3.63, 3.8) is 0 Å². The number of ether oxygens (including phenoxy) is 1. The van der Waals surface area contributed by atoms with Crippen LogP contribution in [0.15, 0.2) is 18.2 Å². The maximum Gasteiger partial charge on any atom is 0.416 e. The van der Waals surface area contributed by atoms with Crippen LogP contribution in [0.3, 0.4) is 0 Å². The Morgan fingerprint density at radius 3 is 1.75 bits per heavy atom. The zero-order valence-corrected chi connectivity index (χ0v) is 10.7. The number of likely N-dealkylation sites (N-methyl/N-ethyl adjacent to an activating group) is 1. The molecule has 1 aromatic carbocycles. The van der Waals surface area contributed by atoms with Gasteiger partial charge in [0.25, 0.3) is 0 Å². The number of alkyl halides is 6. The number of methoxy groups -OCH3 is 1. The summed E-state index contributed by atoms with van der Waals surface area (Å²) in [7, 11) is 2.74. The Balaban J connectivity index is 3.37. The summed E-state index contributed by atoms with van der Waals surface area (Å²) in [6, 6.07) is 0.719. The van der Waals surface area contributed by atoms with E-state index in [4.69, 9.17) is 4.74 Å². The van der Waals surface area contributed by atoms with E-state index in [2.05, 4.69) is 5.32 Å². The van der Waals surface area contributed by atoms with Crippen molar-refractivity contribution in [3.8, 4) is 0 Å². The highest BCUT2D eigenvalue weighted by Gasteiger charge is 2.37. The van der Waals surface area contributed by atoms with Crippen LogP contribution in [0.5, 0.6) is 0 Å². The molecule has 0 aliphatic rings. The molecule has 0 amide bonds. The zero-order chi connectivity index (χ0) is 15.6. The van der Waals surface area contributed by atoms with Crippen LogP contribution < -0.4 is 5.32 Å². The Morgan fingerprint density at radius 2 is 1.45 bits per heavy atom. The molecule has 0 fully saturated rings. The van der Waals surface area contributed by atoms with E-state index in [1.54, 1.807) is 0 Å². The highest BCUT2D eigenvalue weighted by molar-refractivity contribution is 5.35. The lowest BCUT2D eigenvalue weighted by atomic mass is 10.00. The lowest BCUT2D eigenvalue weighted by Gasteiger charge is -2.19. The van der Waals surface area contributed by atoms with Crippen LogP contribution >= 0.6 is 0 Å². The van der Waals surface area contributed by atoms with E-state index in [0.717, 1.165) is 0 Å². The number of hydrogen-bond donors (Lipinski definition) is 1. The SMILES string of the molecule is CNC(COC)c1cc(C(F)(F)F)cc(C(F)(F)F)c1. The maximum atomic E-state index is 12.7. The van der Waals surface area contributed by atoms with Gasteiger partial charge in [0.2, 0.25) is 0 Å². The van der Waals surface area contributed by atoms with Gasteiger partial charge in [-0.3, -0.25) is 0 Å². The summed E-state index contributed by atoms with van der Waals surface area (Å²) in [6.07, 6.45) is -9.69. The average Bonchev–Trinajstić information content (AvgIpc) is 2.33. The van der Waals surface area contributed by atoms with Crippen LogP contribution in [0.25, 0.3) is 0 Å². The molecule has 0 bridgehead atoms. The first-order chi connectivity index (χ1) is 9.09. The van der Waals surface area contributed by atoms with Gasteiger partial charge in [-0.15, -0.1) is 0 Å². The van der Waals surface area contributed by atoms with Crippen LogP contribution in [0.1, 0.15) is 22.7 Å². The summed E-state index contributed by atoms with van der Waals surface area (Å²) in [6.45, 7) is -0.0465. The van der Waals surface area contributed by atoms with Gasteiger partial charge in [-0.05, 0) is 30.8 Å². The van der Waals surface area contributed by atoms with Crippen molar-refractivity contribution in [2.75, 3.05) is 20.8 Å². The van der Waals surface area contributed by atoms with Crippen LogP contribution in [0, 0.1) is 0 Å². The first kappa shape index (κ1) is 16.8. The Kier molecular flexibility index (Phi) is 5.04. The molecule has 8 heteroatoms. The van der Waals surface area contributed by atoms with Gasteiger partial charge in [0.15, 0.2) is 0 Å². The van der Waals surface area contributed by atoms with Crippen molar-refractivity contribution >= 4 is 0 Å². The number of benzene rings is 1. The van der Waals surface area contributed by atoms with Crippen molar-refractivity contribution in [1.29, 1.82) is 0 Å². The van der Waals surface area contributed by atoms with Crippen LogP contribution in [0.2, 0.25) is 0 Å². The van der Waals surface area contributed by atoms with Gasteiger partial charge < -0.3 is 10.1 Å². The molecule has 114 valence electrons. The first-order valence-electron chi connectivity index (χ1n) is 5.55. The minimum absolute atomic E-state index is 0.0465. The van der Waals surface area contributed by atoms with Gasteiger partial charge >= 0.3 is 12.4 Å². The van der Waals surface area contributed by atoms with Crippen molar-refractivity contribution in [2.45, 2.75) is 18.4 Å². The molecule has 1 aromatic rings. The van der Waals surface area contributed by atoms with Crippen LogP contribution in [-0.4, -0.2) is 20.8 Å². The lowest BCUT2D eigenvalue weighted by molar-refractivity contribution is -0.143. The fraction of sp³-hybridized carbons (Fsp3) is 0.500. The number of halogens is 6. The molecule has 0 aliphatic carbocycles. The summed E-state index contributed by atoms with van der Waals surface area (Å²) in [5.41, 5.74) is -2.80. The molecule has 2 nitrogen and oxygen atoms in total. The normalized spacial score (nSPS) is 14.4. The molecule has 1 N–H and O–H groups in total. The smallest absolute Gasteiger partial charge is 0.383 e. The van der Waals surface area contributed by atoms with Crippen molar-refractivity contribution in [1.82, 2.24) is 5.32 Å². The number of rotatable bonds is 4. The van der Waals surface area contributed by atoms with Gasteiger partial charge in [0.1, 0.15) is 0 Å². The van der Waals surface area contributed by atoms with Gasteiger partial charge in [-0.1, -0.05) is 0 Å². The van der Waals surface area contributed by atoms with Crippen molar-refractivity contribution in [2.24, 2.45) is 0 Å². The maximum absolute atomic E-state index is 12.7. The second kappa shape index (κ2) is 6.01. The molecule has 0 radical (unpaired) electrons. The molecule has 0 saturated heterocycles. The lowest BCUT2D eigenvalue weighted by Crippen LogP contribution is -2.23. The molecule has 0 saturated carbocycles. The fourth-order valence-electron chi connectivity index (χ4n) is 1.69. The van der Waals surface area contributed by atoms with Gasteiger partial charge in [0.05, 0.1) is 23.8 Å². The molecular weight excluding hydrogens is 288 g/mol. The Labute approximate surface area is 111 Å². The minimum atomic E-state index is -4.85. The van der Waals surface area contributed by atoms with E-state index < -0.39 is 29.5 Å². The number of hydrogen-bond acceptors (Lipinski definition) is 2. The van der Waals surface area contributed by atoms with Crippen LogP contribution in [0.4, 0.5) is 26.3 Å². The molecular formula is C12H13F6NO. The molecule has 1 atom stereocenters. The first-order valence-corrected chi connectivity index (χ1v) is 5.55. The second-order valence-electron chi connectivity index (χ2n) is 4.14. The predicted octanol–water partition coefficient (Wildman–Crippen LogP) is 3.63. The molecule has 0 spiro atoms. The van der Waals surface area contributed by atoms with Crippen molar-refractivity contribution in [3.05, 3.63) is 34.9 Å². The summed E-state index contributed by atoms with van der Waals surface area (Å²) >= 11 is 0. The summed E-state index contributed by atoms with van der Waals surface area (Å²) in [4.78, 5) is 0. The highest BCUT2D eigenvalue weighted by Crippen LogP contribution is 2.37. The topological polar surface area (TPSA) is 21.3 Å². The van der Waals surface area contributed by atoms with E-state index in [-0.39, 0.29) is 18.2 Å². The standard InChI is InChI=1S/C12H13F6NO/c1-19-10(6-20-2)7-3-8(11(13,14)15)5-9(4-7)12(16,17)18/h3-5,10,19H,6H2,1-2H3. The molecule has 1 rings (SSSR count).